The van der Waals surface area contributed by atoms with Gasteiger partial charge < -0.3 is 16.0 Å². The molecular weight excluding hydrogens is 358 g/mol. The van der Waals surface area contributed by atoms with Crippen LogP contribution in [-0.4, -0.2) is 44.3 Å². The number of carbonyl (C=O) groups excluding carboxylic acids is 3. The number of amides is 3. The molecule has 0 saturated carbocycles. The second-order valence-corrected chi connectivity index (χ2v) is 6.90. The summed E-state index contributed by atoms with van der Waals surface area (Å²) < 4.78 is 14.8. The molecule has 26 heavy (non-hydrogen) atoms. The highest BCUT2D eigenvalue weighted by atomic mass is 32.2. The lowest BCUT2D eigenvalue weighted by atomic mass is 9.97. The number of rotatable bonds is 10. The fraction of sp³-hybridized carbons (Fsp3) is 0.438. The normalized spacial score (nSPS) is 11.7. The Morgan fingerprint density at radius 2 is 1.81 bits per heavy atom. The Morgan fingerprint density at radius 3 is 2.35 bits per heavy atom. The molecule has 0 aliphatic carbocycles. The lowest BCUT2D eigenvalue weighted by Crippen LogP contribution is -2.42. The van der Waals surface area contributed by atoms with Gasteiger partial charge in [-0.25, -0.2) is 9.52 Å². The second kappa shape index (κ2) is 11.5. The molecule has 142 valence electrons. The van der Waals surface area contributed by atoms with Crippen molar-refractivity contribution in [3.63, 3.8) is 0 Å². The average Bonchev–Trinajstić information content (AvgIpc) is 2.59. The number of benzene rings is 1. The van der Waals surface area contributed by atoms with E-state index in [2.05, 4.69) is 15.4 Å². The van der Waals surface area contributed by atoms with Crippen molar-refractivity contribution in [3.05, 3.63) is 29.8 Å². The lowest BCUT2D eigenvalue weighted by Gasteiger charge is -2.19. The molecule has 7 nitrogen and oxygen atoms in total. The van der Waals surface area contributed by atoms with Crippen molar-refractivity contribution in [2.24, 2.45) is 5.92 Å². The summed E-state index contributed by atoms with van der Waals surface area (Å²) in [5, 5.41) is 6.73. The van der Waals surface area contributed by atoms with Crippen LogP contribution >= 0.6 is 11.9 Å². The fourth-order valence-electron chi connectivity index (χ4n) is 2.03. The maximum atomic E-state index is 12.2. The molecule has 0 fully saturated rings. The van der Waals surface area contributed by atoms with Gasteiger partial charge in [-0.15, -0.1) is 4.39 Å². The minimum absolute atomic E-state index is 0.0294. The standard InChI is InChI=1S/C16H24BFN4O3S/c1-10(2)14(26-21-9-20-16(18)25)15(24)19-8-13(23)22-12-5-3-11(7-17)4-6-12/h3-6,10,14,21H,7-9,17H2,1-2H3,(H,19,24)(H,20,25)(H,22,23). The minimum atomic E-state index is -1.65. The largest absolute Gasteiger partial charge is 0.398 e. The van der Waals surface area contributed by atoms with E-state index in [1.807, 2.05) is 51.3 Å². The summed E-state index contributed by atoms with van der Waals surface area (Å²) in [6.07, 6.45) is -0.728. The number of carbonyl (C=O) groups is 3. The van der Waals surface area contributed by atoms with E-state index < -0.39 is 11.4 Å². The molecule has 0 aliphatic heterocycles. The Balaban J connectivity index is 2.42. The van der Waals surface area contributed by atoms with Crippen LogP contribution in [0.3, 0.4) is 0 Å². The van der Waals surface area contributed by atoms with Gasteiger partial charge in [-0.3, -0.25) is 9.59 Å². The highest BCUT2D eigenvalue weighted by Crippen LogP contribution is 2.16. The quantitative estimate of drug-likeness (QED) is 0.120. The molecule has 1 atom stereocenters. The van der Waals surface area contributed by atoms with Crippen molar-refractivity contribution in [1.29, 1.82) is 0 Å². The van der Waals surface area contributed by atoms with Gasteiger partial charge in [0.1, 0.15) is 13.1 Å². The monoisotopic (exact) mass is 382 g/mol. The molecule has 1 aromatic rings. The third-order valence-corrected chi connectivity index (χ3v) is 4.77. The van der Waals surface area contributed by atoms with E-state index in [4.69, 9.17) is 0 Å². The van der Waals surface area contributed by atoms with Crippen LogP contribution in [0.2, 0.25) is 0 Å². The zero-order chi connectivity index (χ0) is 19.5. The summed E-state index contributed by atoms with van der Waals surface area (Å²) in [7, 11) is 2.05. The van der Waals surface area contributed by atoms with E-state index in [9.17, 15) is 18.8 Å². The molecule has 0 heterocycles. The van der Waals surface area contributed by atoms with Crippen LogP contribution in [0.15, 0.2) is 24.3 Å². The Hall–Kier alpha value is -2.07. The molecule has 1 aromatic carbocycles. The van der Waals surface area contributed by atoms with Crippen LogP contribution in [0.1, 0.15) is 19.4 Å². The summed E-state index contributed by atoms with van der Waals surface area (Å²) in [6.45, 7) is 3.44. The molecule has 10 heteroatoms. The third kappa shape index (κ3) is 8.35. The number of hydrogen-bond acceptors (Lipinski definition) is 5. The van der Waals surface area contributed by atoms with E-state index in [0.717, 1.165) is 18.3 Å². The van der Waals surface area contributed by atoms with E-state index in [-0.39, 0.29) is 30.9 Å². The van der Waals surface area contributed by atoms with E-state index in [1.165, 1.54) is 5.56 Å². The maximum Gasteiger partial charge on any atom is 0.398 e. The Kier molecular flexibility index (Phi) is 9.75. The van der Waals surface area contributed by atoms with E-state index >= 15 is 0 Å². The molecule has 1 unspecified atom stereocenters. The van der Waals surface area contributed by atoms with Crippen LogP contribution in [-0.2, 0) is 15.9 Å². The van der Waals surface area contributed by atoms with Gasteiger partial charge in [0.25, 0.3) is 0 Å². The average molecular weight is 382 g/mol. The van der Waals surface area contributed by atoms with Crippen LogP contribution in [0.5, 0.6) is 0 Å². The Morgan fingerprint density at radius 1 is 1.15 bits per heavy atom. The number of anilines is 1. The van der Waals surface area contributed by atoms with Gasteiger partial charge in [-0.2, -0.15) is 0 Å². The molecule has 1 rings (SSSR count). The maximum absolute atomic E-state index is 12.2. The first-order valence-electron chi connectivity index (χ1n) is 8.31. The lowest BCUT2D eigenvalue weighted by molar-refractivity contribution is -0.124. The molecule has 0 radical (unpaired) electrons. The second-order valence-electron chi connectivity index (χ2n) is 5.87. The smallest absolute Gasteiger partial charge is 0.346 e. The zero-order valence-electron chi connectivity index (χ0n) is 15.1. The van der Waals surface area contributed by atoms with E-state index in [0.29, 0.717) is 5.69 Å². The highest BCUT2D eigenvalue weighted by molar-refractivity contribution is 7.98. The van der Waals surface area contributed by atoms with Crippen LogP contribution in [0.25, 0.3) is 0 Å². The summed E-state index contributed by atoms with van der Waals surface area (Å²) >= 11 is 1.06. The van der Waals surface area contributed by atoms with Gasteiger partial charge in [0.15, 0.2) is 0 Å². The molecular formula is C16H24BFN4O3S. The summed E-state index contributed by atoms with van der Waals surface area (Å²) in [5.74, 6) is -0.675. The summed E-state index contributed by atoms with van der Waals surface area (Å²) in [5.41, 5.74) is 1.84. The first kappa shape index (κ1) is 22.0. The first-order chi connectivity index (χ1) is 12.3. The van der Waals surface area contributed by atoms with Crippen molar-refractivity contribution in [3.8, 4) is 0 Å². The third-order valence-electron chi connectivity index (χ3n) is 3.44. The molecule has 0 spiro atoms. The predicted molar refractivity (Wildman–Crippen MR) is 104 cm³/mol. The molecule has 4 N–H and O–H groups in total. The van der Waals surface area contributed by atoms with Crippen LogP contribution in [0.4, 0.5) is 14.9 Å². The van der Waals surface area contributed by atoms with Gasteiger partial charge in [0.2, 0.25) is 11.8 Å². The van der Waals surface area contributed by atoms with Gasteiger partial charge in [-0.1, -0.05) is 49.8 Å². The molecule has 0 bridgehead atoms. The van der Waals surface area contributed by atoms with Crippen LogP contribution in [0, 0.1) is 5.92 Å². The van der Waals surface area contributed by atoms with Gasteiger partial charge in [0, 0.05) is 5.69 Å². The highest BCUT2D eigenvalue weighted by Gasteiger charge is 2.23. The van der Waals surface area contributed by atoms with Crippen molar-refractivity contribution in [1.82, 2.24) is 15.4 Å². The van der Waals surface area contributed by atoms with Crippen molar-refractivity contribution in [2.45, 2.75) is 25.4 Å². The molecule has 0 saturated heterocycles. The molecule has 0 aliphatic rings. The van der Waals surface area contributed by atoms with Crippen molar-refractivity contribution >= 4 is 43.5 Å². The SMILES string of the molecule is BCc1ccc(NC(=O)CNC(=O)C(SNCNC(=O)F)C(C)C)cc1. The van der Waals surface area contributed by atoms with Gasteiger partial charge >= 0.3 is 6.16 Å². The topological polar surface area (TPSA) is 99.3 Å². The Labute approximate surface area is 157 Å². The van der Waals surface area contributed by atoms with Gasteiger partial charge in [-0.05, 0) is 18.1 Å². The summed E-state index contributed by atoms with van der Waals surface area (Å²) in [6, 6.07) is 7.49. The molecule has 0 aromatic heterocycles. The van der Waals surface area contributed by atoms with Crippen LogP contribution < -0.4 is 20.7 Å². The van der Waals surface area contributed by atoms with Crippen molar-refractivity contribution < 1.29 is 18.8 Å². The zero-order valence-corrected chi connectivity index (χ0v) is 15.9. The Bertz CT molecular complexity index is 616. The predicted octanol–water partition coefficient (Wildman–Crippen LogP) is 0.773. The number of nitrogens with one attached hydrogen (secondary N) is 4. The van der Waals surface area contributed by atoms with Gasteiger partial charge in [0.05, 0.1) is 13.2 Å². The van der Waals surface area contributed by atoms with E-state index in [1.54, 1.807) is 0 Å². The molecule has 3 amide bonds. The number of halogens is 1. The number of hydrogen-bond donors (Lipinski definition) is 4. The minimum Gasteiger partial charge on any atom is -0.346 e. The fourth-order valence-corrected chi connectivity index (χ4v) is 2.82. The summed E-state index contributed by atoms with van der Waals surface area (Å²) in [4.78, 5) is 34.4. The van der Waals surface area contributed by atoms with Crippen molar-refractivity contribution in [2.75, 3.05) is 18.5 Å². The first-order valence-corrected chi connectivity index (χ1v) is 9.19.